The molecule has 0 aromatic carbocycles. The van der Waals surface area contributed by atoms with Crippen molar-refractivity contribution in [1.29, 1.82) is 0 Å². The molecule has 0 fully saturated rings. The highest BCUT2D eigenvalue weighted by Gasteiger charge is 2.17. The molecule has 0 radical (unpaired) electrons. The highest BCUT2D eigenvalue weighted by atomic mass is 16.4. The van der Waals surface area contributed by atoms with E-state index in [-0.39, 0.29) is 6.61 Å². The second kappa shape index (κ2) is 7.99. The Morgan fingerprint density at radius 2 is 2.40 bits per heavy atom. The lowest BCUT2D eigenvalue weighted by atomic mass is 10.4. The summed E-state index contributed by atoms with van der Waals surface area (Å²) in [6.07, 6.45) is 2.75. The van der Waals surface area contributed by atoms with Crippen LogP contribution in [0.3, 0.4) is 0 Å². The minimum Gasteiger partial charge on any atom is -0.550 e. The van der Waals surface area contributed by atoms with E-state index >= 15 is 0 Å². The number of carboxylic acid groups (broad SMARTS) is 1. The van der Waals surface area contributed by atoms with Gasteiger partial charge < -0.3 is 15.0 Å². The van der Waals surface area contributed by atoms with Crippen LogP contribution in [0.5, 0.6) is 0 Å². The number of carbonyl (C=O) groups excluding carboxylic acids is 1. The monoisotopic (exact) mass is 214 g/mol. The van der Waals surface area contributed by atoms with Gasteiger partial charge in [-0.15, -0.1) is 6.58 Å². The molecule has 5 heteroatoms. The molecule has 0 unspecified atom stereocenters. The molecule has 5 nitrogen and oxygen atoms in total. The van der Waals surface area contributed by atoms with Crippen LogP contribution in [-0.2, 0) is 4.79 Å². The molecule has 15 heavy (non-hydrogen) atoms. The number of nitrogens with one attached hydrogen (secondary N) is 1. The Morgan fingerprint density at radius 3 is 2.87 bits per heavy atom. The number of β-amino-alcohol motifs (C(OH)–C–C–N with tert-alkyl or cyclic N) is 1. The van der Waals surface area contributed by atoms with Gasteiger partial charge in [-0.2, -0.15) is 0 Å². The summed E-state index contributed by atoms with van der Waals surface area (Å²) in [5.74, 6) is 0.106. The molecule has 0 atom stereocenters. The maximum absolute atomic E-state index is 8.89. The van der Waals surface area contributed by atoms with E-state index in [1.54, 1.807) is 0 Å². The predicted octanol–water partition coefficient (Wildman–Crippen LogP) is -1.67. The van der Waals surface area contributed by atoms with Crippen molar-refractivity contribution in [2.45, 2.75) is 13.3 Å². The maximum atomic E-state index is 8.89. The van der Waals surface area contributed by atoms with Gasteiger partial charge in [0.2, 0.25) is 5.84 Å². The number of nitrogens with zero attached hydrogens (tertiary/aromatic N) is 1. The number of amidine groups is 1. The third-order valence-corrected chi connectivity index (χ3v) is 1.80. The Kier molecular flexibility index (Phi) is 7.27. The summed E-state index contributed by atoms with van der Waals surface area (Å²) in [5.41, 5.74) is 0. The first-order valence-electron chi connectivity index (χ1n) is 4.85. The molecular formula is C10H18N2O3. The molecule has 1 heterocycles. The highest BCUT2D eigenvalue weighted by Crippen LogP contribution is 1.92. The Hall–Kier alpha value is -1.36. The van der Waals surface area contributed by atoms with Crippen molar-refractivity contribution in [2.75, 3.05) is 26.2 Å². The van der Waals surface area contributed by atoms with Crippen LogP contribution in [0.25, 0.3) is 0 Å². The summed E-state index contributed by atoms with van der Waals surface area (Å²) in [6, 6.07) is 0. The van der Waals surface area contributed by atoms with Crippen LogP contribution in [0, 0.1) is 0 Å². The van der Waals surface area contributed by atoms with Gasteiger partial charge in [-0.05, 0) is 6.92 Å². The first-order valence-corrected chi connectivity index (χ1v) is 4.85. The lowest BCUT2D eigenvalue weighted by molar-refractivity contribution is -0.521. The van der Waals surface area contributed by atoms with Gasteiger partial charge in [0.25, 0.3) is 0 Å². The van der Waals surface area contributed by atoms with Gasteiger partial charge in [-0.3, -0.25) is 9.89 Å². The highest BCUT2D eigenvalue weighted by molar-refractivity contribution is 5.79. The Bertz CT molecular complexity index is 245. The van der Waals surface area contributed by atoms with Gasteiger partial charge in [0.1, 0.15) is 19.6 Å². The lowest BCUT2D eigenvalue weighted by Gasteiger charge is -1.98. The minimum atomic E-state index is -1.08. The molecule has 0 saturated heterocycles. The summed E-state index contributed by atoms with van der Waals surface area (Å²) < 4.78 is 2.15. The third kappa shape index (κ3) is 6.68. The van der Waals surface area contributed by atoms with E-state index in [2.05, 4.69) is 16.5 Å². The molecule has 1 rings (SSSR count). The SMILES string of the molecule is C=CCC1=[N+](CCO)CCN1.CC(=O)[O-]. The summed E-state index contributed by atoms with van der Waals surface area (Å²) in [5, 5.41) is 20.8. The van der Waals surface area contributed by atoms with E-state index < -0.39 is 5.97 Å². The number of carbonyl (C=O) groups is 1. The number of aliphatic hydroxyl groups excluding tert-OH is 1. The van der Waals surface area contributed by atoms with Crippen molar-refractivity contribution < 1.29 is 19.6 Å². The van der Waals surface area contributed by atoms with Gasteiger partial charge in [0.15, 0.2) is 0 Å². The van der Waals surface area contributed by atoms with Crippen molar-refractivity contribution in [1.82, 2.24) is 5.32 Å². The number of hydrogen-bond donors (Lipinski definition) is 2. The third-order valence-electron chi connectivity index (χ3n) is 1.80. The Labute approximate surface area is 89.7 Å². The van der Waals surface area contributed by atoms with E-state index in [0.29, 0.717) is 0 Å². The van der Waals surface area contributed by atoms with Crippen molar-refractivity contribution in [3.05, 3.63) is 12.7 Å². The molecule has 1 aliphatic heterocycles. The van der Waals surface area contributed by atoms with Crippen LogP contribution in [0.1, 0.15) is 13.3 Å². The lowest BCUT2D eigenvalue weighted by Crippen LogP contribution is -2.23. The van der Waals surface area contributed by atoms with E-state index in [1.807, 2.05) is 6.08 Å². The van der Waals surface area contributed by atoms with Gasteiger partial charge >= 0.3 is 0 Å². The summed E-state index contributed by atoms with van der Waals surface area (Å²) in [7, 11) is 0. The predicted molar refractivity (Wildman–Crippen MR) is 55.6 cm³/mol. The molecule has 0 spiro atoms. The van der Waals surface area contributed by atoms with Crippen LogP contribution < -0.4 is 10.4 Å². The first-order chi connectivity index (χ1) is 7.11. The fourth-order valence-corrected chi connectivity index (χ4v) is 1.29. The molecule has 0 saturated carbocycles. The van der Waals surface area contributed by atoms with E-state index in [0.717, 1.165) is 33.0 Å². The number of aliphatic hydroxyl groups is 1. The fraction of sp³-hybridized carbons (Fsp3) is 0.600. The van der Waals surface area contributed by atoms with Crippen molar-refractivity contribution in [3.63, 3.8) is 0 Å². The molecule has 0 aliphatic carbocycles. The van der Waals surface area contributed by atoms with Gasteiger partial charge in [-0.25, -0.2) is 0 Å². The van der Waals surface area contributed by atoms with Crippen LogP contribution in [-0.4, -0.2) is 47.7 Å². The molecule has 2 N–H and O–H groups in total. The number of aliphatic carboxylic acids is 1. The molecule has 86 valence electrons. The largest absolute Gasteiger partial charge is 0.550 e. The molecule has 0 aromatic rings. The molecular weight excluding hydrogens is 196 g/mol. The molecule has 1 aliphatic rings. The van der Waals surface area contributed by atoms with Crippen LogP contribution in [0.4, 0.5) is 0 Å². The Morgan fingerprint density at radius 1 is 1.80 bits per heavy atom. The van der Waals surface area contributed by atoms with Gasteiger partial charge in [-0.1, -0.05) is 6.08 Å². The van der Waals surface area contributed by atoms with Gasteiger partial charge in [0, 0.05) is 5.97 Å². The molecule has 0 amide bonds. The number of carboxylic acids is 1. The van der Waals surface area contributed by atoms with Crippen molar-refractivity contribution in [2.24, 2.45) is 0 Å². The summed E-state index contributed by atoms with van der Waals surface area (Å²) >= 11 is 0. The average molecular weight is 214 g/mol. The zero-order valence-corrected chi connectivity index (χ0v) is 9.03. The van der Waals surface area contributed by atoms with E-state index in [4.69, 9.17) is 15.0 Å². The standard InChI is InChI=1S/C8H14N2O.C2H4O2/c1-2-3-8-9-4-5-10(8)6-7-11;1-2(3)4/h2,11H,1,3-7H2;1H3,(H,3,4). The van der Waals surface area contributed by atoms with Crippen molar-refractivity contribution in [3.8, 4) is 0 Å². The van der Waals surface area contributed by atoms with Gasteiger partial charge in [0.05, 0.1) is 13.0 Å². The van der Waals surface area contributed by atoms with E-state index in [9.17, 15) is 0 Å². The zero-order chi connectivity index (χ0) is 11.7. The summed E-state index contributed by atoms with van der Waals surface area (Å²) in [6.45, 7) is 7.59. The fourth-order valence-electron chi connectivity index (χ4n) is 1.29. The second-order valence-corrected chi connectivity index (χ2v) is 3.07. The van der Waals surface area contributed by atoms with E-state index in [1.165, 1.54) is 5.84 Å². The van der Waals surface area contributed by atoms with Crippen LogP contribution in [0.15, 0.2) is 12.7 Å². The van der Waals surface area contributed by atoms with Crippen molar-refractivity contribution >= 4 is 11.8 Å². The number of hydrogen-bond acceptors (Lipinski definition) is 4. The normalized spacial score (nSPS) is 14.0. The summed E-state index contributed by atoms with van der Waals surface area (Å²) in [4.78, 5) is 8.89. The minimum absolute atomic E-state index is 0.225. The smallest absolute Gasteiger partial charge is 0.248 e. The topological polar surface area (TPSA) is 75.4 Å². The second-order valence-electron chi connectivity index (χ2n) is 3.07. The average Bonchev–Trinajstić information content (AvgIpc) is 2.53. The zero-order valence-electron chi connectivity index (χ0n) is 9.03. The molecule has 0 bridgehead atoms. The molecule has 0 aromatic heterocycles. The maximum Gasteiger partial charge on any atom is 0.248 e. The quantitative estimate of drug-likeness (QED) is 0.433. The first kappa shape index (κ1) is 13.6. The van der Waals surface area contributed by atoms with Crippen LogP contribution in [0.2, 0.25) is 0 Å². The van der Waals surface area contributed by atoms with Crippen LogP contribution >= 0.6 is 0 Å². The number of rotatable bonds is 4. The Balaban J connectivity index is 0.000000423.